The maximum atomic E-state index is 6.13. The molecule has 1 aliphatic carbocycles. The van der Waals surface area contributed by atoms with Crippen molar-refractivity contribution in [2.24, 2.45) is 0 Å². The fourth-order valence-electron chi connectivity index (χ4n) is 7.37. The molecule has 0 unspecified atom stereocenters. The summed E-state index contributed by atoms with van der Waals surface area (Å²) in [5, 5.41) is 4.88. The summed E-state index contributed by atoms with van der Waals surface area (Å²) in [6.07, 6.45) is 0. The minimum Gasteiger partial charge on any atom is -0.456 e. The van der Waals surface area contributed by atoms with E-state index in [1.54, 1.807) is 0 Å². The Morgan fingerprint density at radius 2 is 1.13 bits per heavy atom. The van der Waals surface area contributed by atoms with Crippen LogP contribution < -0.4 is 4.90 Å². The SMILES string of the molecule is CC1(C)c2cc(-c3ccc(N(c4ccccc4)c4ccc5oc6ccccc6c5c4)cc3)ccc2-c2c1ccc1ccccc21. The van der Waals surface area contributed by atoms with E-state index < -0.39 is 0 Å². The average Bonchev–Trinajstić information content (AvgIpc) is 3.57. The predicted molar refractivity (Wildman–Crippen MR) is 189 cm³/mol. The zero-order valence-electron chi connectivity index (χ0n) is 25.3. The zero-order valence-corrected chi connectivity index (χ0v) is 25.3. The fraction of sp³-hybridized carbons (Fsp3) is 0.0698. The van der Waals surface area contributed by atoms with Crippen LogP contribution in [0.2, 0.25) is 0 Å². The lowest BCUT2D eigenvalue weighted by molar-refractivity contribution is 0.661. The van der Waals surface area contributed by atoms with Crippen LogP contribution in [0, 0.1) is 0 Å². The van der Waals surface area contributed by atoms with E-state index in [4.69, 9.17) is 4.42 Å². The number of furan rings is 1. The molecule has 0 bridgehead atoms. The molecule has 2 heteroatoms. The Hall–Kier alpha value is -5.60. The molecular formula is C43H31NO. The Bertz CT molecular complexity index is 2400. The van der Waals surface area contributed by atoms with E-state index in [1.165, 1.54) is 44.2 Å². The molecular weight excluding hydrogens is 546 g/mol. The van der Waals surface area contributed by atoms with Gasteiger partial charge in [-0.25, -0.2) is 0 Å². The number of benzene rings is 7. The summed E-state index contributed by atoms with van der Waals surface area (Å²) in [5.74, 6) is 0. The van der Waals surface area contributed by atoms with Crippen molar-refractivity contribution in [1.29, 1.82) is 0 Å². The van der Waals surface area contributed by atoms with Gasteiger partial charge >= 0.3 is 0 Å². The molecule has 2 nitrogen and oxygen atoms in total. The molecule has 0 atom stereocenters. The van der Waals surface area contributed by atoms with Gasteiger partial charge < -0.3 is 9.32 Å². The summed E-state index contributed by atoms with van der Waals surface area (Å²) >= 11 is 0. The molecule has 0 radical (unpaired) electrons. The molecule has 214 valence electrons. The molecule has 0 aliphatic heterocycles. The van der Waals surface area contributed by atoms with Crippen molar-refractivity contribution < 1.29 is 4.42 Å². The first-order valence-corrected chi connectivity index (χ1v) is 15.6. The van der Waals surface area contributed by atoms with Crippen LogP contribution in [0.1, 0.15) is 25.0 Å². The van der Waals surface area contributed by atoms with E-state index in [1.807, 2.05) is 12.1 Å². The first kappa shape index (κ1) is 25.9. The highest BCUT2D eigenvalue weighted by Crippen LogP contribution is 2.52. The van der Waals surface area contributed by atoms with Crippen molar-refractivity contribution >= 4 is 49.8 Å². The zero-order chi connectivity index (χ0) is 30.1. The smallest absolute Gasteiger partial charge is 0.135 e. The number of para-hydroxylation sites is 2. The van der Waals surface area contributed by atoms with Crippen molar-refractivity contribution in [3.05, 3.63) is 163 Å². The monoisotopic (exact) mass is 577 g/mol. The van der Waals surface area contributed by atoms with Crippen LogP contribution in [0.5, 0.6) is 0 Å². The Balaban J connectivity index is 1.13. The van der Waals surface area contributed by atoms with Crippen LogP contribution in [0.15, 0.2) is 156 Å². The van der Waals surface area contributed by atoms with Gasteiger partial charge in [-0.05, 0) is 98.8 Å². The van der Waals surface area contributed by atoms with Gasteiger partial charge in [0.1, 0.15) is 11.2 Å². The van der Waals surface area contributed by atoms with Gasteiger partial charge in [0.15, 0.2) is 0 Å². The summed E-state index contributed by atoms with van der Waals surface area (Å²) in [7, 11) is 0. The number of fused-ring (bicyclic) bond motifs is 8. The predicted octanol–water partition coefficient (Wildman–Crippen LogP) is 12.2. The Labute approximate surface area is 262 Å². The number of anilines is 3. The molecule has 45 heavy (non-hydrogen) atoms. The summed E-state index contributed by atoms with van der Waals surface area (Å²) in [6.45, 7) is 4.72. The van der Waals surface area contributed by atoms with Gasteiger partial charge in [-0.2, -0.15) is 0 Å². The lowest BCUT2D eigenvalue weighted by atomic mass is 9.81. The lowest BCUT2D eigenvalue weighted by Crippen LogP contribution is -2.15. The van der Waals surface area contributed by atoms with Crippen molar-refractivity contribution in [2.75, 3.05) is 4.90 Å². The largest absolute Gasteiger partial charge is 0.456 e. The van der Waals surface area contributed by atoms with Gasteiger partial charge in [0.25, 0.3) is 0 Å². The Kier molecular flexibility index (Phi) is 5.58. The minimum absolute atomic E-state index is 0.0648. The van der Waals surface area contributed by atoms with E-state index >= 15 is 0 Å². The van der Waals surface area contributed by atoms with Gasteiger partial charge in [-0.1, -0.05) is 111 Å². The minimum atomic E-state index is -0.0648. The first-order chi connectivity index (χ1) is 22.1. The molecule has 1 heterocycles. The number of hydrogen-bond acceptors (Lipinski definition) is 2. The Morgan fingerprint density at radius 1 is 0.467 bits per heavy atom. The van der Waals surface area contributed by atoms with Gasteiger partial charge in [-0.15, -0.1) is 0 Å². The summed E-state index contributed by atoms with van der Waals surface area (Å²) < 4.78 is 6.13. The summed E-state index contributed by atoms with van der Waals surface area (Å²) in [5.41, 5.74) is 13.0. The number of nitrogens with zero attached hydrogens (tertiary/aromatic N) is 1. The van der Waals surface area contributed by atoms with Crippen LogP contribution in [0.25, 0.3) is 55.0 Å². The molecule has 9 rings (SSSR count). The van der Waals surface area contributed by atoms with Crippen molar-refractivity contribution in [3.8, 4) is 22.3 Å². The van der Waals surface area contributed by atoms with Crippen LogP contribution in [-0.4, -0.2) is 0 Å². The first-order valence-electron chi connectivity index (χ1n) is 15.6. The molecule has 0 saturated heterocycles. The number of rotatable bonds is 4. The quantitative estimate of drug-likeness (QED) is 0.207. The maximum absolute atomic E-state index is 6.13. The van der Waals surface area contributed by atoms with E-state index in [0.29, 0.717) is 0 Å². The van der Waals surface area contributed by atoms with Gasteiger partial charge in [-0.3, -0.25) is 0 Å². The van der Waals surface area contributed by atoms with E-state index in [2.05, 4.69) is 158 Å². The third kappa shape index (κ3) is 3.96. The highest BCUT2D eigenvalue weighted by atomic mass is 16.3. The van der Waals surface area contributed by atoms with Crippen molar-refractivity contribution in [1.82, 2.24) is 0 Å². The lowest BCUT2D eigenvalue weighted by Gasteiger charge is -2.26. The van der Waals surface area contributed by atoms with Gasteiger partial charge in [0.2, 0.25) is 0 Å². The van der Waals surface area contributed by atoms with Gasteiger partial charge in [0.05, 0.1) is 0 Å². The van der Waals surface area contributed by atoms with E-state index in [9.17, 15) is 0 Å². The molecule has 0 fully saturated rings. The van der Waals surface area contributed by atoms with E-state index in [-0.39, 0.29) is 5.41 Å². The highest BCUT2D eigenvalue weighted by molar-refractivity contribution is 6.06. The average molecular weight is 578 g/mol. The normalized spacial score (nSPS) is 13.3. The molecule has 1 aromatic heterocycles. The maximum Gasteiger partial charge on any atom is 0.135 e. The molecule has 0 saturated carbocycles. The summed E-state index contributed by atoms with van der Waals surface area (Å²) in [6, 6.07) is 54.7. The Morgan fingerprint density at radius 3 is 1.98 bits per heavy atom. The van der Waals surface area contributed by atoms with Crippen molar-refractivity contribution in [2.45, 2.75) is 19.3 Å². The second-order valence-corrected chi connectivity index (χ2v) is 12.6. The molecule has 0 amide bonds. The molecule has 0 spiro atoms. The van der Waals surface area contributed by atoms with Crippen LogP contribution >= 0.6 is 0 Å². The van der Waals surface area contributed by atoms with Gasteiger partial charge in [0, 0.05) is 33.2 Å². The summed E-state index contributed by atoms with van der Waals surface area (Å²) in [4.78, 5) is 2.32. The topological polar surface area (TPSA) is 16.4 Å². The second-order valence-electron chi connectivity index (χ2n) is 12.6. The molecule has 8 aromatic rings. The van der Waals surface area contributed by atoms with E-state index in [0.717, 1.165) is 39.0 Å². The highest BCUT2D eigenvalue weighted by Gasteiger charge is 2.36. The van der Waals surface area contributed by atoms with Crippen LogP contribution in [-0.2, 0) is 5.41 Å². The number of hydrogen-bond donors (Lipinski definition) is 0. The molecule has 0 N–H and O–H groups in total. The fourth-order valence-corrected chi connectivity index (χ4v) is 7.37. The standard InChI is InChI=1S/C43H31NO/c1-43(2)38-24-19-29-10-6-7-13-34(29)42(38)36-23-18-30(26-39(36)43)28-16-20-32(21-17-28)44(31-11-4-3-5-12-31)33-22-25-41-37(27-33)35-14-8-9-15-40(35)45-41/h3-27H,1-2H3. The van der Waals surface area contributed by atoms with Crippen LogP contribution in [0.3, 0.4) is 0 Å². The third-order valence-electron chi connectivity index (χ3n) is 9.66. The molecule has 7 aromatic carbocycles. The van der Waals surface area contributed by atoms with Crippen molar-refractivity contribution in [3.63, 3.8) is 0 Å². The molecule has 1 aliphatic rings. The second kappa shape index (κ2) is 9.70. The third-order valence-corrected chi connectivity index (χ3v) is 9.66. The van der Waals surface area contributed by atoms with Crippen LogP contribution in [0.4, 0.5) is 17.1 Å².